The van der Waals surface area contributed by atoms with Gasteiger partial charge in [-0.25, -0.2) is 4.98 Å². The number of hydrogen-bond donors (Lipinski definition) is 1. The fourth-order valence-electron chi connectivity index (χ4n) is 1.88. The van der Waals surface area contributed by atoms with Crippen LogP contribution in [0.2, 0.25) is 0 Å². The number of nitrogen functional groups attached to an aromatic ring is 1. The van der Waals surface area contributed by atoms with Gasteiger partial charge >= 0.3 is 0 Å². The molecule has 0 aliphatic rings. The standard InChI is InChI=1S/C14H13N3O/c1-18-12-6-7-17-9-13(16-14(17)8-12)10-2-4-11(15)5-3-10/h2-9H,15H2,1H3. The summed E-state index contributed by atoms with van der Waals surface area (Å²) in [5, 5.41) is 0. The molecule has 0 spiro atoms. The number of rotatable bonds is 2. The van der Waals surface area contributed by atoms with E-state index in [2.05, 4.69) is 4.98 Å². The zero-order valence-corrected chi connectivity index (χ0v) is 10.00. The molecule has 0 aliphatic heterocycles. The van der Waals surface area contributed by atoms with Gasteiger partial charge in [0.1, 0.15) is 11.4 Å². The van der Waals surface area contributed by atoms with Gasteiger partial charge in [-0.05, 0) is 18.2 Å². The van der Waals surface area contributed by atoms with Crippen molar-refractivity contribution in [2.24, 2.45) is 0 Å². The molecule has 3 aromatic rings. The zero-order chi connectivity index (χ0) is 12.5. The largest absolute Gasteiger partial charge is 0.497 e. The summed E-state index contributed by atoms with van der Waals surface area (Å²) >= 11 is 0. The number of anilines is 1. The van der Waals surface area contributed by atoms with Gasteiger partial charge in [0.2, 0.25) is 0 Å². The number of ether oxygens (including phenoxy) is 1. The molecule has 0 atom stereocenters. The lowest BCUT2D eigenvalue weighted by molar-refractivity contribution is 0.414. The fourth-order valence-corrected chi connectivity index (χ4v) is 1.88. The maximum Gasteiger partial charge on any atom is 0.141 e. The number of methoxy groups -OCH3 is 1. The maximum absolute atomic E-state index is 5.68. The van der Waals surface area contributed by atoms with Crippen LogP contribution in [0.5, 0.6) is 5.75 Å². The van der Waals surface area contributed by atoms with Crippen molar-refractivity contribution in [1.82, 2.24) is 9.38 Å². The van der Waals surface area contributed by atoms with Crippen LogP contribution in [0.25, 0.3) is 16.9 Å². The van der Waals surface area contributed by atoms with E-state index >= 15 is 0 Å². The smallest absolute Gasteiger partial charge is 0.141 e. The Balaban J connectivity index is 2.10. The number of pyridine rings is 1. The first-order chi connectivity index (χ1) is 8.76. The summed E-state index contributed by atoms with van der Waals surface area (Å²) in [6, 6.07) is 11.5. The second kappa shape index (κ2) is 4.07. The normalized spacial score (nSPS) is 10.7. The van der Waals surface area contributed by atoms with Gasteiger partial charge in [-0.2, -0.15) is 0 Å². The lowest BCUT2D eigenvalue weighted by atomic mass is 10.1. The van der Waals surface area contributed by atoms with Crippen molar-refractivity contribution >= 4 is 11.3 Å². The molecule has 0 aliphatic carbocycles. The van der Waals surface area contributed by atoms with Gasteiger partial charge in [-0.3, -0.25) is 0 Å². The number of fused-ring (bicyclic) bond motifs is 1. The zero-order valence-electron chi connectivity index (χ0n) is 10.00. The van der Waals surface area contributed by atoms with Gasteiger partial charge in [0.05, 0.1) is 12.8 Å². The van der Waals surface area contributed by atoms with E-state index in [1.54, 1.807) is 7.11 Å². The molecule has 3 rings (SSSR count). The lowest BCUT2D eigenvalue weighted by Crippen LogP contribution is -1.86. The first-order valence-corrected chi connectivity index (χ1v) is 5.65. The summed E-state index contributed by atoms with van der Waals surface area (Å²) < 4.78 is 7.15. The highest BCUT2D eigenvalue weighted by molar-refractivity contribution is 5.65. The van der Waals surface area contributed by atoms with Crippen molar-refractivity contribution in [3.8, 4) is 17.0 Å². The summed E-state index contributed by atoms with van der Waals surface area (Å²) in [6.45, 7) is 0. The SMILES string of the molecule is COc1ccn2cc(-c3ccc(N)cc3)nc2c1. The molecular weight excluding hydrogens is 226 g/mol. The predicted molar refractivity (Wildman–Crippen MR) is 71.6 cm³/mol. The first kappa shape index (κ1) is 10.7. The number of nitrogens with two attached hydrogens (primary N) is 1. The third kappa shape index (κ3) is 1.78. The summed E-state index contributed by atoms with van der Waals surface area (Å²) in [5.41, 5.74) is 9.26. The first-order valence-electron chi connectivity index (χ1n) is 5.65. The van der Waals surface area contributed by atoms with E-state index in [0.717, 1.165) is 28.3 Å². The molecule has 0 saturated heterocycles. The molecule has 2 heterocycles. The molecule has 0 amide bonds. The van der Waals surface area contributed by atoms with Gasteiger partial charge in [0.25, 0.3) is 0 Å². The second-order valence-corrected chi connectivity index (χ2v) is 4.08. The Bertz CT molecular complexity index is 686. The highest BCUT2D eigenvalue weighted by Crippen LogP contribution is 2.22. The number of hydrogen-bond acceptors (Lipinski definition) is 3. The summed E-state index contributed by atoms with van der Waals surface area (Å²) in [5.74, 6) is 0.803. The topological polar surface area (TPSA) is 52.5 Å². The van der Waals surface area contributed by atoms with Crippen molar-refractivity contribution in [3.63, 3.8) is 0 Å². The van der Waals surface area contributed by atoms with E-state index < -0.39 is 0 Å². The van der Waals surface area contributed by atoms with Gasteiger partial charge in [0, 0.05) is 29.7 Å². The van der Waals surface area contributed by atoms with Crippen LogP contribution in [0.15, 0.2) is 48.8 Å². The Kier molecular flexibility index (Phi) is 2.41. The van der Waals surface area contributed by atoms with Crippen molar-refractivity contribution in [3.05, 3.63) is 48.8 Å². The van der Waals surface area contributed by atoms with E-state index in [-0.39, 0.29) is 0 Å². The van der Waals surface area contributed by atoms with Crippen LogP contribution in [0, 0.1) is 0 Å². The van der Waals surface area contributed by atoms with Crippen molar-refractivity contribution < 1.29 is 4.74 Å². The minimum Gasteiger partial charge on any atom is -0.497 e. The third-order valence-corrected chi connectivity index (χ3v) is 2.87. The van der Waals surface area contributed by atoms with Crippen molar-refractivity contribution in [1.29, 1.82) is 0 Å². The highest BCUT2D eigenvalue weighted by atomic mass is 16.5. The van der Waals surface area contributed by atoms with E-state index in [4.69, 9.17) is 10.5 Å². The molecular formula is C14H13N3O. The Morgan fingerprint density at radius 1 is 1.17 bits per heavy atom. The molecule has 2 N–H and O–H groups in total. The van der Waals surface area contributed by atoms with Gasteiger partial charge < -0.3 is 14.9 Å². The van der Waals surface area contributed by atoms with Crippen LogP contribution < -0.4 is 10.5 Å². The average molecular weight is 239 g/mol. The molecule has 0 unspecified atom stereocenters. The van der Waals surface area contributed by atoms with Crippen LogP contribution in [-0.2, 0) is 0 Å². The van der Waals surface area contributed by atoms with Crippen LogP contribution >= 0.6 is 0 Å². The van der Waals surface area contributed by atoms with E-state index in [1.807, 2.05) is 53.2 Å². The van der Waals surface area contributed by atoms with Crippen LogP contribution in [0.3, 0.4) is 0 Å². The predicted octanol–water partition coefficient (Wildman–Crippen LogP) is 2.59. The molecule has 4 heteroatoms. The van der Waals surface area contributed by atoms with Gasteiger partial charge in [-0.1, -0.05) is 12.1 Å². The molecule has 2 aromatic heterocycles. The van der Waals surface area contributed by atoms with Crippen molar-refractivity contribution in [2.45, 2.75) is 0 Å². The van der Waals surface area contributed by atoms with E-state index in [1.165, 1.54) is 0 Å². The molecule has 18 heavy (non-hydrogen) atoms. The van der Waals surface area contributed by atoms with Crippen LogP contribution in [0.1, 0.15) is 0 Å². The molecule has 0 fully saturated rings. The summed E-state index contributed by atoms with van der Waals surface area (Å²) in [6.07, 6.45) is 3.92. The Hall–Kier alpha value is -2.49. The second-order valence-electron chi connectivity index (χ2n) is 4.08. The monoisotopic (exact) mass is 239 g/mol. The highest BCUT2D eigenvalue weighted by Gasteiger charge is 2.04. The van der Waals surface area contributed by atoms with E-state index in [9.17, 15) is 0 Å². The molecule has 0 bridgehead atoms. The van der Waals surface area contributed by atoms with Gasteiger partial charge in [0.15, 0.2) is 0 Å². The number of aromatic nitrogens is 2. The minimum absolute atomic E-state index is 0.754. The number of imidazole rings is 1. The lowest BCUT2D eigenvalue weighted by Gasteiger charge is -1.98. The maximum atomic E-state index is 5.68. The molecule has 1 aromatic carbocycles. The summed E-state index contributed by atoms with van der Waals surface area (Å²) in [4.78, 5) is 4.56. The van der Waals surface area contributed by atoms with Crippen LogP contribution in [-0.4, -0.2) is 16.5 Å². The van der Waals surface area contributed by atoms with Crippen molar-refractivity contribution in [2.75, 3.05) is 12.8 Å². The Labute approximate surface area is 105 Å². The fraction of sp³-hybridized carbons (Fsp3) is 0.0714. The number of nitrogens with zero attached hydrogens (tertiary/aromatic N) is 2. The van der Waals surface area contributed by atoms with Gasteiger partial charge in [-0.15, -0.1) is 0 Å². The molecule has 90 valence electrons. The van der Waals surface area contributed by atoms with Crippen LogP contribution in [0.4, 0.5) is 5.69 Å². The molecule has 0 saturated carbocycles. The Morgan fingerprint density at radius 3 is 2.67 bits per heavy atom. The Morgan fingerprint density at radius 2 is 1.94 bits per heavy atom. The molecule has 0 radical (unpaired) electrons. The molecule has 4 nitrogen and oxygen atoms in total. The average Bonchev–Trinajstić information content (AvgIpc) is 2.82. The van der Waals surface area contributed by atoms with E-state index in [0.29, 0.717) is 0 Å². The third-order valence-electron chi connectivity index (χ3n) is 2.87. The minimum atomic E-state index is 0.754. The number of benzene rings is 1. The quantitative estimate of drug-likeness (QED) is 0.699. The summed E-state index contributed by atoms with van der Waals surface area (Å²) in [7, 11) is 1.65.